The quantitative estimate of drug-likeness (QED) is 0.874. The van der Waals surface area contributed by atoms with E-state index in [9.17, 15) is 0 Å². The molecule has 0 saturated heterocycles. The molecule has 3 rings (SSSR count). The van der Waals surface area contributed by atoms with Crippen molar-refractivity contribution in [2.75, 3.05) is 12.4 Å². The summed E-state index contributed by atoms with van der Waals surface area (Å²) in [7, 11) is 1.71. The summed E-state index contributed by atoms with van der Waals surface area (Å²) < 4.78 is 5.29. The summed E-state index contributed by atoms with van der Waals surface area (Å²) in [5.41, 5.74) is 8.11. The van der Waals surface area contributed by atoms with E-state index in [1.54, 1.807) is 7.11 Å². The zero-order chi connectivity index (χ0) is 14.3. The van der Waals surface area contributed by atoms with Crippen LogP contribution >= 0.6 is 0 Å². The zero-order valence-corrected chi connectivity index (χ0v) is 12.6. The minimum absolute atomic E-state index is 0.372. The van der Waals surface area contributed by atoms with Gasteiger partial charge in [-0.3, -0.25) is 0 Å². The van der Waals surface area contributed by atoms with Crippen LogP contribution in [0, 0.1) is 20.8 Å². The standard InChI is InChI=1S/C18H21NO/c1-11-5-6-14-10-17(19-18(14)13(11)3)16-8-7-15(20-4)9-12(16)2/h5-9,17,19H,10H2,1-4H3. The first kappa shape index (κ1) is 13.0. The molecule has 1 unspecified atom stereocenters. The highest BCUT2D eigenvalue weighted by atomic mass is 16.5. The molecule has 2 nitrogen and oxygen atoms in total. The monoisotopic (exact) mass is 267 g/mol. The lowest BCUT2D eigenvalue weighted by molar-refractivity contribution is 0.414. The molecule has 1 aliphatic heterocycles. The lowest BCUT2D eigenvalue weighted by Gasteiger charge is -2.16. The Morgan fingerprint density at radius 3 is 2.55 bits per heavy atom. The van der Waals surface area contributed by atoms with Gasteiger partial charge in [-0.25, -0.2) is 0 Å². The van der Waals surface area contributed by atoms with Crippen LogP contribution < -0.4 is 10.1 Å². The third-order valence-corrected chi connectivity index (χ3v) is 4.42. The summed E-state index contributed by atoms with van der Waals surface area (Å²) in [4.78, 5) is 0. The fourth-order valence-electron chi connectivity index (χ4n) is 3.04. The van der Waals surface area contributed by atoms with Gasteiger partial charge in [-0.05, 0) is 67.1 Å². The lowest BCUT2D eigenvalue weighted by atomic mass is 9.97. The Kier molecular flexibility index (Phi) is 3.17. The Hall–Kier alpha value is -1.96. The molecule has 1 heterocycles. The first-order valence-electron chi connectivity index (χ1n) is 7.10. The van der Waals surface area contributed by atoms with Crippen LogP contribution in [0.2, 0.25) is 0 Å². The van der Waals surface area contributed by atoms with Gasteiger partial charge in [-0.2, -0.15) is 0 Å². The molecule has 2 aromatic rings. The van der Waals surface area contributed by atoms with Crippen LogP contribution in [0.25, 0.3) is 0 Å². The molecular weight excluding hydrogens is 246 g/mol. The number of fused-ring (bicyclic) bond motifs is 1. The summed E-state index contributed by atoms with van der Waals surface area (Å²) in [6.45, 7) is 6.52. The Bertz CT molecular complexity index is 661. The Labute approximate surface area is 120 Å². The van der Waals surface area contributed by atoms with Crippen molar-refractivity contribution in [2.24, 2.45) is 0 Å². The van der Waals surface area contributed by atoms with Crippen LogP contribution in [0.4, 0.5) is 5.69 Å². The van der Waals surface area contributed by atoms with E-state index in [-0.39, 0.29) is 0 Å². The van der Waals surface area contributed by atoms with Gasteiger partial charge in [-0.15, -0.1) is 0 Å². The largest absolute Gasteiger partial charge is 0.497 e. The molecule has 104 valence electrons. The summed E-state index contributed by atoms with van der Waals surface area (Å²) in [6, 6.07) is 11.2. The summed E-state index contributed by atoms with van der Waals surface area (Å²) in [6.07, 6.45) is 1.06. The number of rotatable bonds is 2. The van der Waals surface area contributed by atoms with E-state index in [2.05, 4.69) is 50.4 Å². The van der Waals surface area contributed by atoms with E-state index in [0.717, 1.165) is 12.2 Å². The normalized spacial score (nSPS) is 16.7. The molecule has 20 heavy (non-hydrogen) atoms. The lowest BCUT2D eigenvalue weighted by Crippen LogP contribution is -2.08. The number of ether oxygens (including phenoxy) is 1. The second-order valence-electron chi connectivity index (χ2n) is 5.67. The molecule has 1 aliphatic rings. The van der Waals surface area contributed by atoms with Crippen molar-refractivity contribution in [3.8, 4) is 5.75 Å². The molecule has 0 spiro atoms. The smallest absolute Gasteiger partial charge is 0.119 e. The van der Waals surface area contributed by atoms with E-state index in [0.29, 0.717) is 6.04 Å². The van der Waals surface area contributed by atoms with Crippen molar-refractivity contribution in [3.63, 3.8) is 0 Å². The number of anilines is 1. The first-order chi connectivity index (χ1) is 9.60. The van der Waals surface area contributed by atoms with Gasteiger partial charge < -0.3 is 10.1 Å². The highest BCUT2D eigenvalue weighted by molar-refractivity contribution is 5.65. The number of methoxy groups -OCH3 is 1. The minimum atomic E-state index is 0.372. The SMILES string of the molecule is COc1ccc(C2Cc3ccc(C)c(C)c3N2)c(C)c1. The van der Waals surface area contributed by atoms with Gasteiger partial charge in [0.15, 0.2) is 0 Å². The Morgan fingerprint density at radius 2 is 1.85 bits per heavy atom. The van der Waals surface area contributed by atoms with Crippen LogP contribution in [0.15, 0.2) is 30.3 Å². The summed E-state index contributed by atoms with van der Waals surface area (Å²) in [5.74, 6) is 0.925. The first-order valence-corrected chi connectivity index (χ1v) is 7.10. The number of hydrogen-bond acceptors (Lipinski definition) is 2. The van der Waals surface area contributed by atoms with E-state index in [1.165, 1.54) is 33.5 Å². The van der Waals surface area contributed by atoms with Crippen molar-refractivity contribution >= 4 is 5.69 Å². The van der Waals surface area contributed by atoms with Crippen LogP contribution in [0.3, 0.4) is 0 Å². The zero-order valence-electron chi connectivity index (χ0n) is 12.6. The summed E-state index contributed by atoms with van der Waals surface area (Å²) >= 11 is 0. The average Bonchev–Trinajstić information content (AvgIpc) is 2.87. The van der Waals surface area contributed by atoms with Crippen molar-refractivity contribution in [3.05, 3.63) is 58.1 Å². The molecule has 0 fully saturated rings. The van der Waals surface area contributed by atoms with E-state index < -0.39 is 0 Å². The van der Waals surface area contributed by atoms with Crippen LogP contribution in [-0.2, 0) is 6.42 Å². The van der Waals surface area contributed by atoms with Crippen molar-refractivity contribution in [2.45, 2.75) is 33.2 Å². The average molecular weight is 267 g/mol. The molecular formula is C18H21NO. The fraction of sp³-hybridized carbons (Fsp3) is 0.333. The predicted octanol–water partition coefficient (Wildman–Crippen LogP) is 4.33. The van der Waals surface area contributed by atoms with Gasteiger partial charge in [0.2, 0.25) is 0 Å². The molecule has 1 N–H and O–H groups in total. The maximum Gasteiger partial charge on any atom is 0.119 e. The van der Waals surface area contributed by atoms with Gasteiger partial charge in [0.05, 0.1) is 13.2 Å². The molecule has 0 bridgehead atoms. The van der Waals surface area contributed by atoms with Crippen LogP contribution in [-0.4, -0.2) is 7.11 Å². The van der Waals surface area contributed by atoms with Gasteiger partial charge >= 0.3 is 0 Å². The van der Waals surface area contributed by atoms with Gasteiger partial charge in [0.25, 0.3) is 0 Å². The summed E-state index contributed by atoms with van der Waals surface area (Å²) in [5, 5.41) is 3.70. The van der Waals surface area contributed by atoms with Crippen LogP contribution in [0.5, 0.6) is 5.75 Å². The van der Waals surface area contributed by atoms with Gasteiger partial charge in [-0.1, -0.05) is 18.2 Å². The number of aryl methyl sites for hydroxylation is 2. The topological polar surface area (TPSA) is 21.3 Å². The maximum absolute atomic E-state index is 5.29. The third-order valence-electron chi connectivity index (χ3n) is 4.42. The molecule has 1 atom stereocenters. The number of nitrogens with one attached hydrogen (secondary N) is 1. The highest BCUT2D eigenvalue weighted by Crippen LogP contribution is 2.38. The molecule has 0 saturated carbocycles. The minimum Gasteiger partial charge on any atom is -0.497 e. The maximum atomic E-state index is 5.29. The number of hydrogen-bond donors (Lipinski definition) is 1. The second-order valence-corrected chi connectivity index (χ2v) is 5.67. The van der Waals surface area contributed by atoms with Crippen molar-refractivity contribution in [1.29, 1.82) is 0 Å². The van der Waals surface area contributed by atoms with E-state index in [1.807, 2.05) is 6.07 Å². The Morgan fingerprint density at radius 1 is 1.05 bits per heavy atom. The molecule has 0 radical (unpaired) electrons. The highest BCUT2D eigenvalue weighted by Gasteiger charge is 2.24. The third kappa shape index (κ3) is 2.05. The van der Waals surface area contributed by atoms with Gasteiger partial charge in [0.1, 0.15) is 5.75 Å². The van der Waals surface area contributed by atoms with Crippen LogP contribution in [0.1, 0.15) is 33.9 Å². The molecule has 0 aromatic heterocycles. The van der Waals surface area contributed by atoms with Gasteiger partial charge in [0, 0.05) is 5.69 Å². The van der Waals surface area contributed by atoms with E-state index >= 15 is 0 Å². The van der Waals surface area contributed by atoms with Crippen molar-refractivity contribution in [1.82, 2.24) is 0 Å². The molecule has 0 aliphatic carbocycles. The molecule has 0 amide bonds. The fourth-order valence-corrected chi connectivity index (χ4v) is 3.04. The molecule has 2 heteroatoms. The Balaban J connectivity index is 1.94. The van der Waals surface area contributed by atoms with E-state index in [4.69, 9.17) is 4.74 Å². The number of benzene rings is 2. The van der Waals surface area contributed by atoms with Crippen molar-refractivity contribution < 1.29 is 4.74 Å². The predicted molar refractivity (Wildman–Crippen MR) is 83.7 cm³/mol. The second kappa shape index (κ2) is 4.86. The molecule has 2 aromatic carbocycles.